The maximum atomic E-state index is 15.5. The second kappa shape index (κ2) is 11.5. The first kappa shape index (κ1) is 27.2. The van der Waals surface area contributed by atoms with Crippen LogP contribution in [0.2, 0.25) is 5.15 Å². The second-order valence-electron chi connectivity index (χ2n) is 9.84. The summed E-state index contributed by atoms with van der Waals surface area (Å²) in [5, 5.41) is 0.959. The highest BCUT2D eigenvalue weighted by molar-refractivity contribution is 6.33. The van der Waals surface area contributed by atoms with Crippen molar-refractivity contribution in [1.29, 1.82) is 0 Å². The van der Waals surface area contributed by atoms with Crippen molar-refractivity contribution < 1.29 is 23.3 Å². The Morgan fingerprint density at radius 1 is 0.878 bits per heavy atom. The number of rotatable bonds is 9. The van der Waals surface area contributed by atoms with Crippen LogP contribution in [0.3, 0.4) is 0 Å². The van der Waals surface area contributed by atoms with E-state index in [2.05, 4.69) is 9.97 Å². The number of hydrogen-bond acceptors (Lipinski definition) is 6. The number of aromatic nitrogens is 3. The summed E-state index contributed by atoms with van der Waals surface area (Å²) in [4.78, 5) is 8.32. The van der Waals surface area contributed by atoms with Gasteiger partial charge in [-0.05, 0) is 47.0 Å². The summed E-state index contributed by atoms with van der Waals surface area (Å²) in [6.07, 6.45) is 0.626. The molecule has 0 amide bonds. The number of nitrogens with zero attached hydrogens (tertiary/aromatic N) is 3. The molecule has 7 nitrogen and oxygen atoms in total. The molecule has 3 heterocycles. The molecular weight excluding hydrogens is 545 g/mol. The predicted octanol–water partition coefficient (Wildman–Crippen LogP) is 6.74. The molecule has 0 radical (unpaired) electrons. The molecular formula is C32H29ClFN3O4. The van der Waals surface area contributed by atoms with Crippen LogP contribution in [0.1, 0.15) is 29.3 Å². The van der Waals surface area contributed by atoms with E-state index in [0.717, 1.165) is 28.2 Å². The number of fused-ring (bicyclic) bond motifs is 1. The Bertz CT molecular complexity index is 1560. The number of hydrogen-bond donors (Lipinski definition) is 0. The zero-order valence-corrected chi connectivity index (χ0v) is 23.4. The van der Waals surface area contributed by atoms with Gasteiger partial charge in [0.1, 0.15) is 40.4 Å². The van der Waals surface area contributed by atoms with Crippen LogP contribution in [0.15, 0.2) is 97.5 Å². The maximum absolute atomic E-state index is 15.5. The number of alkyl halides is 1. The molecule has 1 fully saturated rings. The fraction of sp³-hybridized carbons (Fsp3) is 0.250. The van der Waals surface area contributed by atoms with Crippen molar-refractivity contribution in [3.63, 3.8) is 0 Å². The number of methoxy groups -OCH3 is 2. The van der Waals surface area contributed by atoms with E-state index in [9.17, 15) is 0 Å². The Kier molecular flexibility index (Phi) is 7.62. The van der Waals surface area contributed by atoms with Crippen molar-refractivity contribution in [3.05, 3.63) is 119 Å². The smallest absolute Gasteiger partial charge is 0.167 e. The molecule has 1 aliphatic heterocycles. The van der Waals surface area contributed by atoms with E-state index in [1.165, 1.54) is 6.33 Å². The lowest BCUT2D eigenvalue weighted by Crippen LogP contribution is -2.35. The molecule has 1 saturated heterocycles. The lowest BCUT2D eigenvalue weighted by Gasteiger charge is -2.37. The van der Waals surface area contributed by atoms with Crippen LogP contribution in [-0.4, -0.2) is 47.6 Å². The zero-order valence-electron chi connectivity index (χ0n) is 22.6. The van der Waals surface area contributed by atoms with E-state index in [1.807, 2.05) is 78.9 Å². The minimum Gasteiger partial charge on any atom is -0.497 e. The molecule has 0 spiro atoms. The minimum absolute atomic E-state index is 0.138. The summed E-state index contributed by atoms with van der Waals surface area (Å²) >= 11 is 6.22. The maximum Gasteiger partial charge on any atom is 0.167 e. The Balaban J connectivity index is 1.36. The second-order valence-corrected chi connectivity index (χ2v) is 10.2. The Labute approximate surface area is 242 Å². The molecule has 0 aliphatic carbocycles. The van der Waals surface area contributed by atoms with E-state index in [0.29, 0.717) is 16.2 Å². The quantitative estimate of drug-likeness (QED) is 0.144. The lowest BCUT2D eigenvalue weighted by molar-refractivity contribution is -0.0803. The first-order chi connectivity index (χ1) is 20.0. The Hall–Kier alpha value is -3.98. The third-order valence-corrected chi connectivity index (χ3v) is 7.82. The largest absolute Gasteiger partial charge is 0.497 e. The van der Waals surface area contributed by atoms with Crippen molar-refractivity contribution in [2.45, 2.75) is 30.5 Å². The molecule has 41 heavy (non-hydrogen) atoms. The summed E-state index contributed by atoms with van der Waals surface area (Å²) in [5.74, 6) is 1.46. The third-order valence-electron chi connectivity index (χ3n) is 7.52. The van der Waals surface area contributed by atoms with Gasteiger partial charge in [0.05, 0.1) is 32.3 Å². The molecule has 2 aromatic heterocycles. The third kappa shape index (κ3) is 5.03. The van der Waals surface area contributed by atoms with E-state index in [1.54, 1.807) is 31.0 Å². The van der Waals surface area contributed by atoms with E-state index in [4.69, 9.17) is 30.5 Å². The zero-order chi connectivity index (χ0) is 28.4. The standard InChI is InChI=1S/C32H29ClFN3O4/c1-38-24-12-8-22(9-13-24)32(21-6-4-3-5-7-21,23-10-14-25(39-2)15-11-23)40-19-26-18-28(34)31(41-26)37-17-16-27-29(33)35-20-36-30(27)37/h3-17,20,26,28,31H,18-19H2,1-2H3. The van der Waals surface area contributed by atoms with E-state index < -0.39 is 24.1 Å². The van der Waals surface area contributed by atoms with Crippen molar-refractivity contribution >= 4 is 22.6 Å². The molecule has 6 rings (SSSR count). The Morgan fingerprint density at radius 3 is 2.10 bits per heavy atom. The van der Waals surface area contributed by atoms with Gasteiger partial charge < -0.3 is 23.5 Å². The van der Waals surface area contributed by atoms with Crippen molar-refractivity contribution in [1.82, 2.24) is 14.5 Å². The number of benzene rings is 3. The van der Waals surface area contributed by atoms with Crippen LogP contribution in [0.25, 0.3) is 11.0 Å². The predicted molar refractivity (Wildman–Crippen MR) is 154 cm³/mol. The summed E-state index contributed by atoms with van der Waals surface area (Å²) in [7, 11) is 3.27. The molecule has 3 unspecified atom stereocenters. The monoisotopic (exact) mass is 573 g/mol. The highest BCUT2D eigenvalue weighted by Gasteiger charge is 2.42. The summed E-state index contributed by atoms with van der Waals surface area (Å²) in [5.41, 5.74) is 2.21. The van der Waals surface area contributed by atoms with Crippen LogP contribution in [-0.2, 0) is 15.1 Å². The van der Waals surface area contributed by atoms with Gasteiger partial charge in [-0.3, -0.25) is 0 Å². The molecule has 0 N–H and O–H groups in total. The van der Waals surface area contributed by atoms with Gasteiger partial charge in [-0.25, -0.2) is 14.4 Å². The average molecular weight is 574 g/mol. The first-order valence-electron chi connectivity index (χ1n) is 13.3. The van der Waals surface area contributed by atoms with Gasteiger partial charge in [0.25, 0.3) is 0 Å². The molecule has 0 saturated carbocycles. The van der Waals surface area contributed by atoms with Gasteiger partial charge >= 0.3 is 0 Å². The number of ether oxygens (including phenoxy) is 4. The van der Waals surface area contributed by atoms with Crippen molar-refractivity contribution in [2.75, 3.05) is 20.8 Å². The molecule has 0 bridgehead atoms. The highest BCUT2D eigenvalue weighted by Crippen LogP contribution is 2.43. The van der Waals surface area contributed by atoms with Gasteiger partial charge in [0, 0.05) is 12.6 Å². The average Bonchev–Trinajstić information content (AvgIpc) is 3.62. The molecule has 5 aromatic rings. The van der Waals surface area contributed by atoms with Crippen LogP contribution < -0.4 is 9.47 Å². The fourth-order valence-electron chi connectivity index (χ4n) is 5.49. The van der Waals surface area contributed by atoms with Crippen LogP contribution in [0.4, 0.5) is 4.39 Å². The van der Waals surface area contributed by atoms with Crippen LogP contribution in [0.5, 0.6) is 11.5 Å². The summed E-state index contributed by atoms with van der Waals surface area (Å²) in [6, 6.07) is 27.3. The van der Waals surface area contributed by atoms with Gasteiger partial charge in [-0.15, -0.1) is 0 Å². The molecule has 3 aromatic carbocycles. The van der Waals surface area contributed by atoms with Crippen LogP contribution in [0, 0.1) is 0 Å². The topological polar surface area (TPSA) is 67.6 Å². The summed E-state index contributed by atoms with van der Waals surface area (Å²) < 4.78 is 41.2. The highest BCUT2D eigenvalue weighted by atomic mass is 35.5. The van der Waals surface area contributed by atoms with Crippen molar-refractivity contribution in [2.24, 2.45) is 0 Å². The Morgan fingerprint density at radius 2 is 1.49 bits per heavy atom. The van der Waals surface area contributed by atoms with Crippen molar-refractivity contribution in [3.8, 4) is 11.5 Å². The van der Waals surface area contributed by atoms with Crippen LogP contribution >= 0.6 is 11.6 Å². The molecule has 9 heteroatoms. The van der Waals surface area contributed by atoms with E-state index >= 15 is 4.39 Å². The molecule has 1 aliphatic rings. The van der Waals surface area contributed by atoms with Gasteiger partial charge in [0.15, 0.2) is 6.23 Å². The minimum atomic E-state index is -1.26. The van der Waals surface area contributed by atoms with Gasteiger partial charge in [-0.2, -0.15) is 0 Å². The summed E-state index contributed by atoms with van der Waals surface area (Å²) in [6.45, 7) is 0.138. The molecule has 3 atom stereocenters. The fourth-order valence-corrected chi connectivity index (χ4v) is 5.68. The number of halogens is 2. The SMILES string of the molecule is COc1ccc(C(OCC2CC(F)C(n3ccc4c(Cl)ncnc43)O2)(c2ccccc2)c2ccc(OC)cc2)cc1. The van der Waals surface area contributed by atoms with Gasteiger partial charge in [-0.1, -0.05) is 66.2 Å². The van der Waals surface area contributed by atoms with Gasteiger partial charge in [0.2, 0.25) is 0 Å². The first-order valence-corrected chi connectivity index (χ1v) is 13.7. The molecule has 210 valence electrons. The lowest BCUT2D eigenvalue weighted by atomic mass is 9.80. The normalized spacial score (nSPS) is 19.0. The van der Waals surface area contributed by atoms with E-state index in [-0.39, 0.29) is 13.0 Å².